The fourth-order valence-corrected chi connectivity index (χ4v) is 8.58. The summed E-state index contributed by atoms with van der Waals surface area (Å²) in [5, 5.41) is 33.5. The molecule has 0 bridgehead atoms. The first-order valence-corrected chi connectivity index (χ1v) is 13.4. The van der Waals surface area contributed by atoms with Gasteiger partial charge in [-0.15, -0.1) is 5.92 Å². The minimum atomic E-state index is -0.984. The molecule has 35 heavy (non-hydrogen) atoms. The molecule has 1 aliphatic heterocycles. The number of rotatable bonds is 2. The van der Waals surface area contributed by atoms with E-state index in [1.807, 2.05) is 19.1 Å². The van der Waals surface area contributed by atoms with E-state index in [4.69, 9.17) is 9.47 Å². The standard InChI is InChI=1S/C30H38O5/c1-3-11-29(33)13-9-24-22-8-12-28(32)19-30(34-15-16-35-30)14-10-25(28)26(22)23(17-27(24,29)2)21-6-4-20(18-31)5-7-21/h4-7,22-24,31-33H,8-10,12-19H2,1-2H3. The molecule has 0 amide bonds. The predicted molar refractivity (Wildman–Crippen MR) is 132 cm³/mol. The van der Waals surface area contributed by atoms with E-state index in [-0.39, 0.29) is 17.9 Å². The smallest absolute Gasteiger partial charge is 0.171 e. The van der Waals surface area contributed by atoms with Crippen LogP contribution in [0.3, 0.4) is 0 Å². The van der Waals surface area contributed by atoms with Gasteiger partial charge in [-0.05, 0) is 74.0 Å². The zero-order valence-electron chi connectivity index (χ0n) is 21.0. The molecule has 1 aromatic rings. The van der Waals surface area contributed by atoms with E-state index in [1.165, 1.54) is 16.7 Å². The molecule has 3 saturated carbocycles. The van der Waals surface area contributed by atoms with Gasteiger partial charge in [-0.2, -0.15) is 0 Å². The van der Waals surface area contributed by atoms with Crippen molar-refractivity contribution in [1.29, 1.82) is 0 Å². The summed E-state index contributed by atoms with van der Waals surface area (Å²) >= 11 is 0. The number of fused-ring (bicyclic) bond motifs is 4. The minimum Gasteiger partial charge on any atom is -0.392 e. The summed E-state index contributed by atoms with van der Waals surface area (Å²) in [5.74, 6) is 6.39. The fraction of sp³-hybridized carbons (Fsp3) is 0.667. The van der Waals surface area contributed by atoms with E-state index in [9.17, 15) is 15.3 Å². The summed E-state index contributed by atoms with van der Waals surface area (Å²) in [7, 11) is 0. The van der Waals surface area contributed by atoms with Crippen LogP contribution in [0.1, 0.15) is 82.3 Å². The van der Waals surface area contributed by atoms with E-state index in [2.05, 4.69) is 30.9 Å². The van der Waals surface area contributed by atoms with Crippen LogP contribution in [0.2, 0.25) is 0 Å². The molecule has 1 spiro atoms. The van der Waals surface area contributed by atoms with E-state index >= 15 is 0 Å². The molecule has 1 saturated heterocycles. The van der Waals surface area contributed by atoms with Crippen LogP contribution in [0, 0.1) is 29.1 Å². The van der Waals surface area contributed by atoms with Crippen LogP contribution >= 0.6 is 0 Å². The molecule has 0 radical (unpaired) electrons. The lowest BCUT2D eigenvalue weighted by Crippen LogP contribution is -2.55. The summed E-state index contributed by atoms with van der Waals surface area (Å²) in [6.07, 6.45) is 6.19. The molecule has 4 aliphatic carbocycles. The number of aliphatic hydroxyl groups is 3. The van der Waals surface area contributed by atoms with Crippen LogP contribution < -0.4 is 0 Å². The highest BCUT2D eigenvalue weighted by molar-refractivity contribution is 5.45. The first-order valence-electron chi connectivity index (χ1n) is 13.4. The Morgan fingerprint density at radius 3 is 2.46 bits per heavy atom. The van der Waals surface area contributed by atoms with Crippen molar-refractivity contribution in [2.45, 2.75) is 94.7 Å². The van der Waals surface area contributed by atoms with E-state index in [0.29, 0.717) is 44.3 Å². The van der Waals surface area contributed by atoms with Crippen LogP contribution in [0.25, 0.3) is 0 Å². The van der Waals surface area contributed by atoms with Crippen molar-refractivity contribution >= 4 is 0 Å². The SMILES string of the molecule is CC#CC1(O)CCC2C3CCC4(O)CC5(CCC4=C3C(c3ccc(CO)cc3)CC21C)OCCO5. The van der Waals surface area contributed by atoms with Gasteiger partial charge in [0.05, 0.1) is 25.4 Å². The second-order valence-corrected chi connectivity index (χ2v) is 11.8. The lowest BCUT2D eigenvalue weighted by molar-refractivity contribution is -0.208. The summed E-state index contributed by atoms with van der Waals surface area (Å²) in [6.45, 7) is 5.29. The highest BCUT2D eigenvalue weighted by atomic mass is 16.7. The molecule has 1 heterocycles. The zero-order valence-corrected chi connectivity index (χ0v) is 21.0. The number of hydrogen-bond acceptors (Lipinski definition) is 5. The molecule has 4 fully saturated rings. The Morgan fingerprint density at radius 2 is 1.77 bits per heavy atom. The number of aliphatic hydroxyl groups excluding tert-OH is 1. The average Bonchev–Trinajstić information content (AvgIpc) is 3.40. The third kappa shape index (κ3) is 3.41. The molecule has 5 aliphatic rings. The quantitative estimate of drug-likeness (QED) is 0.439. The molecule has 6 rings (SSSR count). The number of ether oxygens (including phenoxy) is 2. The maximum Gasteiger partial charge on any atom is 0.171 e. The summed E-state index contributed by atoms with van der Waals surface area (Å²) in [6, 6.07) is 8.26. The summed E-state index contributed by atoms with van der Waals surface area (Å²) in [5.41, 5.74) is 2.51. The van der Waals surface area contributed by atoms with Crippen LogP contribution in [-0.2, 0) is 16.1 Å². The van der Waals surface area contributed by atoms with Gasteiger partial charge >= 0.3 is 0 Å². The van der Waals surface area contributed by atoms with Gasteiger partial charge < -0.3 is 24.8 Å². The molecule has 5 nitrogen and oxygen atoms in total. The van der Waals surface area contributed by atoms with Gasteiger partial charge in [0, 0.05) is 24.2 Å². The number of allylic oxidation sites excluding steroid dienone is 1. The second-order valence-electron chi connectivity index (χ2n) is 11.8. The highest BCUT2D eigenvalue weighted by Gasteiger charge is 2.64. The van der Waals surface area contributed by atoms with Gasteiger partial charge in [0.1, 0.15) is 5.60 Å². The molecule has 1 aromatic carbocycles. The molecule has 0 aromatic heterocycles. The van der Waals surface area contributed by atoms with E-state index in [1.54, 1.807) is 0 Å². The Bertz CT molecular complexity index is 1090. The van der Waals surface area contributed by atoms with E-state index < -0.39 is 17.0 Å². The lowest BCUT2D eigenvalue weighted by atomic mass is 9.49. The Kier molecular flexibility index (Phi) is 5.53. The van der Waals surface area contributed by atoms with Crippen LogP contribution in [0.4, 0.5) is 0 Å². The Morgan fingerprint density at radius 1 is 1.03 bits per heavy atom. The largest absolute Gasteiger partial charge is 0.392 e. The molecular formula is C30H38O5. The topological polar surface area (TPSA) is 79.2 Å². The molecule has 188 valence electrons. The molecule has 3 N–H and O–H groups in total. The van der Waals surface area contributed by atoms with Crippen molar-refractivity contribution in [2.75, 3.05) is 13.2 Å². The van der Waals surface area contributed by atoms with Crippen molar-refractivity contribution < 1.29 is 24.8 Å². The van der Waals surface area contributed by atoms with E-state index in [0.717, 1.165) is 37.7 Å². The third-order valence-corrected chi connectivity index (χ3v) is 10.3. The van der Waals surface area contributed by atoms with Gasteiger partial charge in [0.25, 0.3) is 0 Å². The van der Waals surface area contributed by atoms with Crippen molar-refractivity contribution in [3.8, 4) is 11.8 Å². The average molecular weight is 479 g/mol. The first kappa shape index (κ1) is 23.7. The normalized spacial score (nSPS) is 41.7. The number of benzene rings is 1. The van der Waals surface area contributed by atoms with Crippen molar-refractivity contribution in [3.63, 3.8) is 0 Å². The van der Waals surface area contributed by atoms with Gasteiger partial charge in [0.15, 0.2) is 5.79 Å². The maximum absolute atomic E-state index is 12.1. The second kappa shape index (κ2) is 8.16. The van der Waals surface area contributed by atoms with Crippen molar-refractivity contribution in [3.05, 3.63) is 46.5 Å². The van der Waals surface area contributed by atoms with Crippen LogP contribution in [0.5, 0.6) is 0 Å². The zero-order chi connectivity index (χ0) is 24.5. The first-order chi connectivity index (χ1) is 16.8. The molecule has 6 unspecified atom stereocenters. The Labute approximate surface area is 208 Å². The maximum atomic E-state index is 12.1. The fourth-order valence-electron chi connectivity index (χ4n) is 8.58. The molecule has 5 heteroatoms. The summed E-state index contributed by atoms with van der Waals surface area (Å²) in [4.78, 5) is 0. The van der Waals surface area contributed by atoms with Crippen LogP contribution in [-0.4, -0.2) is 45.5 Å². The minimum absolute atomic E-state index is 0.0228. The predicted octanol–water partition coefficient (Wildman–Crippen LogP) is 4.20. The summed E-state index contributed by atoms with van der Waals surface area (Å²) < 4.78 is 12.1. The van der Waals surface area contributed by atoms with Crippen molar-refractivity contribution in [2.24, 2.45) is 17.3 Å². The van der Waals surface area contributed by atoms with Crippen LogP contribution in [0.15, 0.2) is 35.4 Å². The molecule has 6 atom stereocenters. The Hall–Kier alpha value is -1.68. The lowest BCUT2D eigenvalue weighted by Gasteiger charge is -2.57. The van der Waals surface area contributed by atoms with Gasteiger partial charge in [0.2, 0.25) is 0 Å². The molecular weight excluding hydrogens is 440 g/mol. The van der Waals surface area contributed by atoms with Crippen molar-refractivity contribution in [1.82, 2.24) is 0 Å². The highest BCUT2D eigenvalue weighted by Crippen LogP contribution is 2.67. The number of hydrogen-bond donors (Lipinski definition) is 3. The monoisotopic (exact) mass is 478 g/mol. The van der Waals surface area contributed by atoms with Gasteiger partial charge in [-0.3, -0.25) is 0 Å². The van der Waals surface area contributed by atoms with Gasteiger partial charge in [-0.25, -0.2) is 0 Å². The Balaban J connectivity index is 1.48. The third-order valence-electron chi connectivity index (χ3n) is 10.3. The van der Waals surface area contributed by atoms with Gasteiger partial charge in [-0.1, -0.05) is 42.7 Å².